The van der Waals surface area contributed by atoms with Crippen LogP contribution in [0.15, 0.2) is 64.3 Å². The molecule has 8 nitrogen and oxygen atoms in total. The number of anilines is 1. The summed E-state index contributed by atoms with van der Waals surface area (Å²) in [7, 11) is 0. The lowest BCUT2D eigenvalue weighted by atomic mass is 9.65. The number of nitrogens with zero attached hydrogens (tertiary/aromatic N) is 5. The van der Waals surface area contributed by atoms with E-state index in [1.807, 2.05) is 44.2 Å². The minimum Gasteiger partial charge on any atom is -0.424 e. The zero-order valence-electron chi connectivity index (χ0n) is 23.8. The monoisotopic (exact) mass is 534 g/mol. The molecule has 4 aromatic heterocycles. The zero-order chi connectivity index (χ0) is 28.4. The van der Waals surface area contributed by atoms with Gasteiger partial charge in [0.1, 0.15) is 29.6 Å². The van der Waals surface area contributed by atoms with Gasteiger partial charge in [0.15, 0.2) is 5.65 Å². The first kappa shape index (κ1) is 25.9. The number of hydrogen-bond donors (Lipinski definition) is 1. The minimum absolute atomic E-state index is 0.0136. The van der Waals surface area contributed by atoms with Crippen LogP contribution in [0.4, 0.5) is 5.82 Å². The van der Waals surface area contributed by atoms with E-state index in [1.165, 1.54) is 11.9 Å². The molecule has 1 aliphatic rings. The SMILES string of the molecule is Cc1cncc(-c2nn(C(C)c3oc(=O)c4ccccc4c3C3=CC(C)(C)CC(C)(C)C3)c3ncnc(N)c23)c1. The van der Waals surface area contributed by atoms with Crippen molar-refractivity contribution in [3.05, 3.63) is 82.4 Å². The summed E-state index contributed by atoms with van der Waals surface area (Å²) in [4.78, 5) is 26.5. The van der Waals surface area contributed by atoms with E-state index in [4.69, 9.17) is 15.2 Å². The Morgan fingerprint density at radius 2 is 1.82 bits per heavy atom. The molecule has 1 aromatic carbocycles. The van der Waals surface area contributed by atoms with Gasteiger partial charge in [-0.15, -0.1) is 0 Å². The molecule has 0 saturated carbocycles. The molecule has 0 saturated heterocycles. The van der Waals surface area contributed by atoms with E-state index in [1.54, 1.807) is 17.1 Å². The van der Waals surface area contributed by atoms with E-state index in [2.05, 4.69) is 48.7 Å². The fraction of sp³-hybridized carbons (Fsp3) is 0.344. The van der Waals surface area contributed by atoms with E-state index in [9.17, 15) is 4.79 Å². The molecule has 1 unspecified atom stereocenters. The lowest BCUT2D eigenvalue weighted by molar-refractivity contribution is 0.228. The van der Waals surface area contributed by atoms with Gasteiger partial charge >= 0.3 is 5.63 Å². The standard InChI is InChI=1S/C32H34N6O2/c1-18-11-20(15-34-14-18)26-25-28(33)35-17-36-29(25)38(37-26)19(2)27-24(21-12-31(3,4)16-32(5,6)13-21)22-9-7-8-10-23(22)30(39)40-27/h7-12,14-15,17,19H,13,16H2,1-6H3,(H2,33,35,36). The summed E-state index contributed by atoms with van der Waals surface area (Å²) in [5.74, 6) is 0.887. The quantitative estimate of drug-likeness (QED) is 0.272. The summed E-state index contributed by atoms with van der Waals surface area (Å²) in [6, 6.07) is 9.23. The highest BCUT2D eigenvalue weighted by Gasteiger charge is 2.36. The maximum atomic E-state index is 13.3. The predicted molar refractivity (Wildman–Crippen MR) is 159 cm³/mol. The molecule has 8 heteroatoms. The fourth-order valence-corrected chi connectivity index (χ4v) is 6.65. The lowest BCUT2D eigenvalue weighted by Gasteiger charge is -2.40. The lowest BCUT2D eigenvalue weighted by Crippen LogP contribution is -2.27. The fourth-order valence-electron chi connectivity index (χ4n) is 6.65. The van der Waals surface area contributed by atoms with E-state index < -0.39 is 6.04 Å². The van der Waals surface area contributed by atoms with Crippen LogP contribution in [0.25, 0.3) is 38.6 Å². The number of aromatic nitrogens is 5. The van der Waals surface area contributed by atoms with Gasteiger partial charge in [-0.1, -0.05) is 52.0 Å². The first-order valence-electron chi connectivity index (χ1n) is 13.6. The van der Waals surface area contributed by atoms with Gasteiger partial charge < -0.3 is 10.2 Å². The van der Waals surface area contributed by atoms with Crippen LogP contribution in [0.3, 0.4) is 0 Å². The molecule has 4 heterocycles. The number of pyridine rings is 1. The van der Waals surface area contributed by atoms with E-state index in [0.29, 0.717) is 33.7 Å². The van der Waals surface area contributed by atoms with Gasteiger partial charge in [-0.05, 0) is 66.2 Å². The Morgan fingerprint density at radius 1 is 1.07 bits per heavy atom. The van der Waals surface area contributed by atoms with Gasteiger partial charge in [0.25, 0.3) is 0 Å². The molecule has 0 aliphatic heterocycles. The van der Waals surface area contributed by atoms with Gasteiger partial charge in [-0.25, -0.2) is 19.4 Å². The Morgan fingerprint density at radius 3 is 2.55 bits per heavy atom. The van der Waals surface area contributed by atoms with Crippen LogP contribution in [0.2, 0.25) is 0 Å². The van der Waals surface area contributed by atoms with Gasteiger partial charge in [0.2, 0.25) is 0 Å². The number of benzene rings is 1. The van der Waals surface area contributed by atoms with Crippen LogP contribution < -0.4 is 11.4 Å². The average Bonchev–Trinajstić information content (AvgIpc) is 3.27. The summed E-state index contributed by atoms with van der Waals surface area (Å²) in [5, 5.41) is 7.10. The van der Waals surface area contributed by atoms with Gasteiger partial charge in [0.05, 0.1) is 10.8 Å². The maximum Gasteiger partial charge on any atom is 0.343 e. The van der Waals surface area contributed by atoms with Crippen molar-refractivity contribution in [1.29, 1.82) is 0 Å². The smallest absolute Gasteiger partial charge is 0.343 e. The average molecular weight is 535 g/mol. The van der Waals surface area contributed by atoms with E-state index in [0.717, 1.165) is 34.9 Å². The third-order valence-electron chi connectivity index (χ3n) is 7.77. The molecule has 0 radical (unpaired) electrons. The van der Waals surface area contributed by atoms with Crippen LogP contribution in [-0.4, -0.2) is 24.7 Å². The molecule has 0 amide bonds. The van der Waals surface area contributed by atoms with Crippen molar-refractivity contribution in [1.82, 2.24) is 24.7 Å². The second-order valence-electron chi connectivity index (χ2n) is 12.5. The van der Waals surface area contributed by atoms with Crippen molar-refractivity contribution in [2.45, 2.75) is 60.4 Å². The van der Waals surface area contributed by atoms with Crippen molar-refractivity contribution < 1.29 is 4.42 Å². The number of nitrogen functional groups attached to an aromatic ring is 1. The van der Waals surface area contributed by atoms with Gasteiger partial charge in [-0.3, -0.25) is 4.98 Å². The molecule has 204 valence electrons. The van der Waals surface area contributed by atoms with Crippen LogP contribution in [0.5, 0.6) is 0 Å². The van der Waals surface area contributed by atoms with Crippen molar-refractivity contribution in [2.24, 2.45) is 10.8 Å². The molecule has 0 spiro atoms. The van der Waals surface area contributed by atoms with Crippen molar-refractivity contribution in [3.8, 4) is 11.3 Å². The Balaban J connectivity index is 1.64. The molecule has 0 fully saturated rings. The second kappa shape index (κ2) is 9.11. The third kappa shape index (κ3) is 4.37. The Labute approximate surface area is 233 Å². The Hall–Kier alpha value is -4.33. The minimum atomic E-state index is -0.468. The highest BCUT2D eigenvalue weighted by atomic mass is 16.4. The summed E-state index contributed by atoms with van der Waals surface area (Å²) >= 11 is 0. The molecule has 0 bridgehead atoms. The molecule has 40 heavy (non-hydrogen) atoms. The first-order valence-corrected chi connectivity index (χ1v) is 13.6. The second-order valence-corrected chi connectivity index (χ2v) is 12.5. The van der Waals surface area contributed by atoms with Crippen LogP contribution in [-0.2, 0) is 0 Å². The molecule has 1 atom stereocenters. The van der Waals surface area contributed by atoms with Crippen LogP contribution in [0.1, 0.15) is 70.4 Å². The first-order chi connectivity index (χ1) is 18.9. The van der Waals surface area contributed by atoms with E-state index in [-0.39, 0.29) is 16.5 Å². The van der Waals surface area contributed by atoms with Crippen LogP contribution in [0, 0.1) is 17.8 Å². The number of rotatable bonds is 4. The zero-order valence-corrected chi connectivity index (χ0v) is 23.8. The largest absolute Gasteiger partial charge is 0.424 e. The number of allylic oxidation sites excluding steroid dienone is 2. The molecule has 1 aliphatic carbocycles. The normalized spacial score (nSPS) is 17.2. The molecule has 6 rings (SSSR count). The van der Waals surface area contributed by atoms with Crippen molar-refractivity contribution >= 4 is 33.2 Å². The highest BCUT2D eigenvalue weighted by Crippen LogP contribution is 2.49. The number of hydrogen-bond acceptors (Lipinski definition) is 7. The third-order valence-corrected chi connectivity index (χ3v) is 7.77. The number of aryl methyl sites for hydroxylation is 1. The van der Waals surface area contributed by atoms with Gasteiger partial charge in [-0.2, -0.15) is 5.10 Å². The highest BCUT2D eigenvalue weighted by molar-refractivity contribution is 5.98. The molecular formula is C32H34N6O2. The predicted octanol–water partition coefficient (Wildman–Crippen LogP) is 6.72. The van der Waals surface area contributed by atoms with Crippen molar-refractivity contribution in [3.63, 3.8) is 0 Å². The van der Waals surface area contributed by atoms with E-state index >= 15 is 0 Å². The Bertz CT molecular complexity index is 1880. The summed E-state index contributed by atoms with van der Waals surface area (Å²) in [5.41, 5.74) is 11.2. The molecule has 2 N–H and O–H groups in total. The van der Waals surface area contributed by atoms with Crippen LogP contribution >= 0.6 is 0 Å². The molecule has 5 aromatic rings. The maximum absolute atomic E-state index is 13.3. The van der Waals surface area contributed by atoms with Crippen molar-refractivity contribution in [2.75, 3.05) is 5.73 Å². The summed E-state index contributed by atoms with van der Waals surface area (Å²) < 4.78 is 7.99. The number of nitrogens with two attached hydrogens (primary N) is 1. The van der Waals surface area contributed by atoms with Gasteiger partial charge in [0, 0.05) is 23.5 Å². The summed E-state index contributed by atoms with van der Waals surface area (Å²) in [6.07, 6.45) is 9.27. The Kier molecular flexibility index (Phi) is 5.91. The molecular weight excluding hydrogens is 500 g/mol. The number of fused-ring (bicyclic) bond motifs is 2. The topological polar surface area (TPSA) is 113 Å². The summed E-state index contributed by atoms with van der Waals surface area (Å²) in [6.45, 7) is 13.1.